The summed E-state index contributed by atoms with van der Waals surface area (Å²) in [5.41, 5.74) is 16.3. The predicted octanol–water partition coefficient (Wildman–Crippen LogP) is 13.1. The van der Waals surface area contributed by atoms with Crippen LogP contribution in [0.5, 0.6) is 11.5 Å². The van der Waals surface area contributed by atoms with Crippen molar-refractivity contribution in [3.8, 4) is 22.6 Å². The molecule has 4 heterocycles. The van der Waals surface area contributed by atoms with Crippen molar-refractivity contribution in [3.63, 3.8) is 0 Å². The summed E-state index contributed by atoms with van der Waals surface area (Å²) in [6.45, 7) is 22.8. The Balaban J connectivity index is 1.34. The molecule has 3 aliphatic heterocycles. The van der Waals surface area contributed by atoms with Crippen LogP contribution in [0.25, 0.3) is 31.3 Å². The van der Waals surface area contributed by atoms with Gasteiger partial charge >= 0.3 is 6.85 Å². The molecule has 3 nitrogen and oxygen atoms in total. The molecule has 0 saturated heterocycles. The van der Waals surface area contributed by atoms with Gasteiger partial charge in [0.1, 0.15) is 5.75 Å². The van der Waals surface area contributed by atoms with Gasteiger partial charge in [-0.15, -0.1) is 11.3 Å². The lowest BCUT2D eigenvalue weighted by atomic mass is 9.43. The van der Waals surface area contributed by atoms with E-state index in [0.717, 1.165) is 22.9 Å². The van der Waals surface area contributed by atoms with Gasteiger partial charge in [0.25, 0.3) is 0 Å². The van der Waals surface area contributed by atoms with Crippen LogP contribution in [-0.2, 0) is 16.2 Å². The number of ether oxygens (including phenoxy) is 1. The number of fused-ring (bicyclic) bond motifs is 9. The maximum Gasteiger partial charge on any atom is 0.333 e. The lowest BCUT2D eigenvalue weighted by Gasteiger charge is -2.48. The van der Waals surface area contributed by atoms with E-state index in [1.165, 1.54) is 81.5 Å². The lowest BCUT2D eigenvalue weighted by Crippen LogP contribution is -2.62. The summed E-state index contributed by atoms with van der Waals surface area (Å²) < 4.78 is 9.70. The van der Waals surface area contributed by atoms with Crippen molar-refractivity contribution in [1.29, 1.82) is 0 Å². The van der Waals surface area contributed by atoms with Crippen LogP contribution >= 0.6 is 11.3 Å². The van der Waals surface area contributed by atoms with E-state index < -0.39 is 0 Å². The Hall–Kier alpha value is -5.00. The first-order valence-electron chi connectivity index (χ1n) is 19.4. The van der Waals surface area contributed by atoms with Crippen LogP contribution in [0.1, 0.15) is 84.6 Å². The largest absolute Gasteiger partial charge is 0.453 e. The average molecular weight is 723 g/mol. The van der Waals surface area contributed by atoms with Crippen molar-refractivity contribution in [3.05, 3.63) is 125 Å². The second-order valence-electron chi connectivity index (χ2n) is 18.8. The molecule has 0 unspecified atom stereocenters. The SMILES string of the molecule is Cc1cc2c3c(c1)N(c1ccc(C(C)(C)C)cc1)c1cc4sc5ccccc5c4cc1B3N1c3ccc(C(C)(C)C)cc3Oc3cc(C(C)(C)C)cc-2c31. The predicted molar refractivity (Wildman–Crippen MR) is 234 cm³/mol. The average Bonchev–Trinajstić information content (AvgIpc) is 3.47. The summed E-state index contributed by atoms with van der Waals surface area (Å²) >= 11 is 1.89. The quantitative estimate of drug-likeness (QED) is 0.157. The zero-order valence-corrected chi connectivity index (χ0v) is 33.9. The van der Waals surface area contributed by atoms with Gasteiger partial charge in [-0.1, -0.05) is 111 Å². The summed E-state index contributed by atoms with van der Waals surface area (Å²) in [6, 6.07) is 39.7. The second-order valence-corrected chi connectivity index (χ2v) is 19.9. The van der Waals surface area contributed by atoms with Crippen LogP contribution in [0.3, 0.4) is 0 Å². The van der Waals surface area contributed by atoms with E-state index in [-0.39, 0.29) is 23.1 Å². The van der Waals surface area contributed by atoms with Gasteiger partial charge < -0.3 is 14.4 Å². The maximum atomic E-state index is 7.06. The highest BCUT2D eigenvalue weighted by Gasteiger charge is 2.48. The standard InChI is InChI=1S/C49H47BN2OS/c1-28-21-35-36-23-31(49(8,9)10)25-42-46(36)52(38-20-17-30(48(5,6)7)24-41(38)53-42)50-37-26-34-33-13-11-12-14-43(33)54-44(34)27-39(37)51(40(22-28)45(35)50)32-18-15-29(16-19-32)47(2,3)4/h11-27H,1-10H3. The van der Waals surface area contributed by atoms with Crippen molar-refractivity contribution in [2.24, 2.45) is 0 Å². The molecule has 0 bridgehead atoms. The first-order chi connectivity index (χ1) is 25.6. The van der Waals surface area contributed by atoms with Crippen molar-refractivity contribution in [1.82, 2.24) is 0 Å². The van der Waals surface area contributed by atoms with Gasteiger partial charge in [-0.3, -0.25) is 0 Å². The first-order valence-corrected chi connectivity index (χ1v) is 20.2. The van der Waals surface area contributed by atoms with E-state index in [1.807, 2.05) is 11.3 Å². The Morgan fingerprint density at radius 2 is 1.24 bits per heavy atom. The fourth-order valence-corrected chi connectivity index (χ4v) is 10.1. The van der Waals surface area contributed by atoms with E-state index in [4.69, 9.17) is 4.74 Å². The van der Waals surface area contributed by atoms with Crippen molar-refractivity contribution in [2.75, 3.05) is 9.71 Å². The molecule has 0 radical (unpaired) electrons. The van der Waals surface area contributed by atoms with E-state index in [9.17, 15) is 0 Å². The molecule has 0 spiro atoms. The minimum atomic E-state index is -0.0625. The van der Waals surface area contributed by atoms with Crippen LogP contribution < -0.4 is 25.4 Å². The van der Waals surface area contributed by atoms with E-state index in [0.29, 0.717) is 0 Å². The number of aryl methyl sites for hydroxylation is 1. The molecule has 54 heavy (non-hydrogen) atoms. The Bertz CT molecular complexity index is 2720. The molecule has 268 valence electrons. The summed E-state index contributed by atoms with van der Waals surface area (Å²) in [5, 5.41) is 2.64. The summed E-state index contributed by atoms with van der Waals surface area (Å²) in [4.78, 5) is 5.18. The number of benzene rings is 6. The Kier molecular flexibility index (Phi) is 6.86. The van der Waals surface area contributed by atoms with Gasteiger partial charge in [0.15, 0.2) is 5.75 Å². The molecule has 0 fully saturated rings. The number of thiophene rings is 1. The highest BCUT2D eigenvalue weighted by molar-refractivity contribution is 7.26. The Morgan fingerprint density at radius 1 is 0.556 bits per heavy atom. The summed E-state index contributed by atoms with van der Waals surface area (Å²) in [6.07, 6.45) is 0. The third kappa shape index (κ3) is 4.86. The van der Waals surface area contributed by atoms with Crippen molar-refractivity contribution < 1.29 is 4.74 Å². The van der Waals surface area contributed by atoms with E-state index in [1.54, 1.807) is 0 Å². The third-order valence-corrected chi connectivity index (χ3v) is 13.0. The minimum absolute atomic E-state index is 0.0115. The highest BCUT2D eigenvalue weighted by atomic mass is 32.1. The summed E-state index contributed by atoms with van der Waals surface area (Å²) in [5.74, 6) is 1.86. The number of anilines is 5. The van der Waals surface area contributed by atoms with Crippen LogP contribution in [0.4, 0.5) is 28.4 Å². The molecule has 3 aliphatic rings. The van der Waals surface area contributed by atoms with Gasteiger partial charge in [-0.25, -0.2) is 0 Å². The molecular formula is C49H47BN2OS. The molecule has 0 atom stereocenters. The second kappa shape index (κ2) is 11.0. The number of nitrogens with zero attached hydrogens (tertiary/aromatic N) is 2. The molecule has 6 aromatic carbocycles. The topological polar surface area (TPSA) is 15.7 Å². The fourth-order valence-electron chi connectivity index (χ4n) is 8.95. The van der Waals surface area contributed by atoms with Gasteiger partial charge in [-0.05, 0) is 117 Å². The third-order valence-electron chi connectivity index (χ3n) is 11.9. The van der Waals surface area contributed by atoms with E-state index in [2.05, 4.69) is 182 Å². The van der Waals surface area contributed by atoms with E-state index >= 15 is 0 Å². The lowest BCUT2D eigenvalue weighted by molar-refractivity contribution is 0.470. The first kappa shape index (κ1) is 33.6. The van der Waals surface area contributed by atoms with Crippen molar-refractivity contribution in [2.45, 2.75) is 85.5 Å². The van der Waals surface area contributed by atoms with Crippen LogP contribution in [-0.4, -0.2) is 6.85 Å². The number of hydrogen-bond acceptors (Lipinski definition) is 4. The number of rotatable bonds is 1. The molecule has 1 aromatic heterocycles. The zero-order valence-electron chi connectivity index (χ0n) is 33.1. The van der Waals surface area contributed by atoms with Gasteiger partial charge in [0, 0.05) is 42.8 Å². The minimum Gasteiger partial charge on any atom is -0.453 e. The molecule has 0 aliphatic carbocycles. The molecule has 0 N–H and O–H groups in total. The fraction of sp³-hybridized carbons (Fsp3) is 0.265. The van der Waals surface area contributed by atoms with Gasteiger partial charge in [0.2, 0.25) is 0 Å². The molecule has 5 heteroatoms. The molecule has 10 rings (SSSR count). The molecule has 7 aromatic rings. The molecule has 0 saturated carbocycles. The Morgan fingerprint density at radius 3 is 1.96 bits per heavy atom. The van der Waals surface area contributed by atoms with Crippen LogP contribution in [0.15, 0.2) is 103 Å². The zero-order chi connectivity index (χ0) is 37.6. The molecular weight excluding hydrogens is 675 g/mol. The van der Waals surface area contributed by atoms with Gasteiger partial charge in [0.05, 0.1) is 11.4 Å². The highest BCUT2D eigenvalue weighted by Crippen LogP contribution is 2.57. The molecule has 0 amide bonds. The van der Waals surface area contributed by atoms with Crippen LogP contribution in [0.2, 0.25) is 0 Å². The van der Waals surface area contributed by atoms with Crippen molar-refractivity contribution >= 4 is 77.7 Å². The normalized spacial score (nSPS) is 14.5. The van der Waals surface area contributed by atoms with Crippen LogP contribution in [0, 0.1) is 6.92 Å². The summed E-state index contributed by atoms with van der Waals surface area (Å²) in [7, 11) is 0. The van der Waals surface area contributed by atoms with Gasteiger partial charge in [-0.2, -0.15) is 0 Å². The Labute approximate surface area is 324 Å². The smallest absolute Gasteiger partial charge is 0.333 e. The number of hydrogen-bond donors (Lipinski definition) is 0. The maximum absolute atomic E-state index is 7.06. The monoisotopic (exact) mass is 722 g/mol.